The number of methoxy groups -OCH3 is 1. The molecule has 2 heterocycles. The Bertz CT molecular complexity index is 717. The van der Waals surface area contributed by atoms with Gasteiger partial charge in [0, 0.05) is 5.92 Å². The summed E-state index contributed by atoms with van der Waals surface area (Å²) in [7, 11) is 1.21. The van der Waals surface area contributed by atoms with Crippen LogP contribution in [-0.2, 0) is 33.3 Å². The summed E-state index contributed by atoms with van der Waals surface area (Å²) in [5.41, 5.74) is 0.145. The molecular weight excluding hydrogens is 428 g/mol. The third kappa shape index (κ3) is 5.94. The fraction of sp³-hybridized carbons (Fsp3) is 0.619. The van der Waals surface area contributed by atoms with Crippen LogP contribution in [0.1, 0.15) is 13.3 Å². The SMILES string of the molecule is C=C[C@H]1[C@H](O[C@@H]2O[C@H](CO)[C@@H](O)[C@H](O)[C@H]2O)OC=C(C(=O)OC)[C@H]1/C=C/CC(=O)OCC. The van der Waals surface area contributed by atoms with Crippen molar-refractivity contribution in [2.75, 3.05) is 20.3 Å². The summed E-state index contributed by atoms with van der Waals surface area (Å²) >= 11 is 0. The maximum Gasteiger partial charge on any atom is 0.337 e. The van der Waals surface area contributed by atoms with Gasteiger partial charge in [-0.25, -0.2) is 4.79 Å². The van der Waals surface area contributed by atoms with Crippen LogP contribution in [-0.4, -0.2) is 89.7 Å². The Morgan fingerprint density at radius 1 is 1.19 bits per heavy atom. The van der Waals surface area contributed by atoms with Crippen molar-refractivity contribution in [2.24, 2.45) is 11.8 Å². The van der Waals surface area contributed by atoms with Crippen LogP contribution in [0.3, 0.4) is 0 Å². The highest BCUT2D eigenvalue weighted by atomic mass is 16.8. The van der Waals surface area contributed by atoms with Crippen molar-refractivity contribution in [3.63, 3.8) is 0 Å². The number of hydrogen-bond donors (Lipinski definition) is 4. The van der Waals surface area contributed by atoms with Crippen molar-refractivity contribution in [1.29, 1.82) is 0 Å². The summed E-state index contributed by atoms with van der Waals surface area (Å²) in [5, 5.41) is 39.5. The lowest BCUT2D eigenvalue weighted by atomic mass is 9.83. The normalized spacial score (nSPS) is 35.0. The van der Waals surface area contributed by atoms with E-state index in [0.717, 1.165) is 6.26 Å². The third-order valence-corrected chi connectivity index (χ3v) is 5.16. The lowest BCUT2D eigenvalue weighted by Crippen LogP contribution is -2.60. The Hall–Kier alpha value is -2.28. The summed E-state index contributed by atoms with van der Waals surface area (Å²) in [5.74, 6) is -2.46. The second kappa shape index (κ2) is 12.1. The largest absolute Gasteiger partial charge is 0.471 e. The summed E-state index contributed by atoms with van der Waals surface area (Å²) in [6.45, 7) is 5.06. The molecule has 2 aliphatic heterocycles. The lowest BCUT2D eigenvalue weighted by Gasteiger charge is -2.42. The Labute approximate surface area is 185 Å². The molecule has 1 fully saturated rings. The number of rotatable bonds is 9. The molecule has 11 nitrogen and oxygen atoms in total. The zero-order valence-corrected chi connectivity index (χ0v) is 17.9. The van der Waals surface area contributed by atoms with Gasteiger partial charge in [-0.1, -0.05) is 18.2 Å². The molecule has 0 saturated carbocycles. The fourth-order valence-corrected chi connectivity index (χ4v) is 3.44. The summed E-state index contributed by atoms with van der Waals surface area (Å²) in [6, 6.07) is 0. The van der Waals surface area contributed by atoms with Crippen LogP contribution in [0.4, 0.5) is 0 Å². The molecule has 0 aromatic heterocycles. The highest BCUT2D eigenvalue weighted by Gasteiger charge is 2.47. The number of allylic oxidation sites excluding steroid dienone is 1. The molecule has 1 saturated heterocycles. The van der Waals surface area contributed by atoms with Crippen molar-refractivity contribution in [1.82, 2.24) is 0 Å². The second-order valence-corrected chi connectivity index (χ2v) is 7.18. The molecule has 0 spiro atoms. The van der Waals surface area contributed by atoms with Gasteiger partial charge in [-0.2, -0.15) is 0 Å². The van der Waals surface area contributed by atoms with Gasteiger partial charge in [0.25, 0.3) is 0 Å². The Morgan fingerprint density at radius 2 is 1.91 bits per heavy atom. The summed E-state index contributed by atoms with van der Waals surface area (Å²) in [6.07, 6.45) is -2.83. The molecule has 180 valence electrons. The molecule has 4 N–H and O–H groups in total. The molecule has 0 bridgehead atoms. The van der Waals surface area contributed by atoms with Crippen molar-refractivity contribution < 1.29 is 53.7 Å². The first-order valence-electron chi connectivity index (χ1n) is 10.1. The van der Waals surface area contributed by atoms with Crippen LogP contribution in [0, 0.1) is 11.8 Å². The van der Waals surface area contributed by atoms with Crippen LogP contribution in [0.25, 0.3) is 0 Å². The van der Waals surface area contributed by atoms with Crippen LogP contribution in [0.5, 0.6) is 0 Å². The Kier molecular flexibility index (Phi) is 9.82. The van der Waals surface area contributed by atoms with Crippen molar-refractivity contribution in [3.8, 4) is 0 Å². The smallest absolute Gasteiger partial charge is 0.337 e. The molecular formula is C21H30O11. The van der Waals surface area contributed by atoms with Gasteiger partial charge < -0.3 is 44.1 Å². The van der Waals surface area contributed by atoms with Crippen LogP contribution >= 0.6 is 0 Å². The zero-order valence-electron chi connectivity index (χ0n) is 17.9. The molecule has 0 aromatic rings. The number of hydrogen-bond acceptors (Lipinski definition) is 11. The molecule has 32 heavy (non-hydrogen) atoms. The van der Waals surface area contributed by atoms with Crippen molar-refractivity contribution in [2.45, 2.75) is 50.3 Å². The average Bonchev–Trinajstić information content (AvgIpc) is 2.79. The lowest BCUT2D eigenvalue weighted by molar-refractivity contribution is -0.338. The summed E-state index contributed by atoms with van der Waals surface area (Å²) < 4.78 is 26.2. The van der Waals surface area contributed by atoms with Gasteiger partial charge in [-0.05, 0) is 6.92 Å². The van der Waals surface area contributed by atoms with E-state index in [1.54, 1.807) is 13.0 Å². The number of aliphatic hydroxyl groups excluding tert-OH is 4. The molecule has 11 heteroatoms. The highest BCUT2D eigenvalue weighted by Crippen LogP contribution is 2.36. The van der Waals surface area contributed by atoms with Gasteiger partial charge in [-0.15, -0.1) is 6.58 Å². The molecule has 0 unspecified atom stereocenters. The van der Waals surface area contributed by atoms with Crippen LogP contribution < -0.4 is 0 Å². The van der Waals surface area contributed by atoms with Gasteiger partial charge in [0.15, 0.2) is 6.29 Å². The molecule has 0 radical (unpaired) electrons. The molecule has 2 rings (SSSR count). The molecule has 0 aliphatic carbocycles. The van der Waals surface area contributed by atoms with Crippen LogP contribution in [0.15, 0.2) is 36.6 Å². The Morgan fingerprint density at radius 3 is 2.50 bits per heavy atom. The second-order valence-electron chi connectivity index (χ2n) is 7.18. The average molecular weight is 458 g/mol. The maximum atomic E-state index is 12.2. The molecule has 0 amide bonds. The predicted octanol–water partition coefficient (Wildman–Crippen LogP) is -0.856. The number of aliphatic hydroxyl groups is 4. The topological polar surface area (TPSA) is 161 Å². The van der Waals surface area contributed by atoms with E-state index in [2.05, 4.69) is 6.58 Å². The van der Waals surface area contributed by atoms with Gasteiger partial charge in [-0.3, -0.25) is 4.79 Å². The van der Waals surface area contributed by atoms with Gasteiger partial charge in [0.2, 0.25) is 6.29 Å². The van der Waals surface area contributed by atoms with Gasteiger partial charge in [0.05, 0.1) is 44.5 Å². The number of carbonyl (C=O) groups is 2. The number of esters is 2. The molecule has 0 aromatic carbocycles. The zero-order chi connectivity index (χ0) is 23.8. The molecule has 8 atom stereocenters. The van der Waals surface area contributed by atoms with E-state index in [1.165, 1.54) is 19.3 Å². The number of ether oxygens (including phenoxy) is 5. The van der Waals surface area contributed by atoms with E-state index >= 15 is 0 Å². The Balaban J connectivity index is 2.24. The predicted molar refractivity (Wildman–Crippen MR) is 107 cm³/mol. The first kappa shape index (κ1) is 26.0. The first-order chi connectivity index (χ1) is 15.3. The van der Waals surface area contributed by atoms with E-state index in [9.17, 15) is 30.0 Å². The van der Waals surface area contributed by atoms with Gasteiger partial charge in [0.1, 0.15) is 24.4 Å². The van der Waals surface area contributed by atoms with E-state index in [4.69, 9.17) is 23.7 Å². The monoisotopic (exact) mass is 458 g/mol. The van der Waals surface area contributed by atoms with Crippen molar-refractivity contribution >= 4 is 11.9 Å². The van der Waals surface area contributed by atoms with E-state index in [0.29, 0.717) is 0 Å². The van der Waals surface area contributed by atoms with Crippen LogP contribution in [0.2, 0.25) is 0 Å². The standard InChI is InChI=1S/C21H30O11/c1-4-11-12(7-6-8-15(23)29-5-2)13(19(27)28-3)10-30-20(11)32-21-18(26)17(25)16(24)14(9-22)31-21/h4,6-7,10-12,14,16-18,20-22,24-26H,1,5,8-9H2,2-3H3/b7-6+/t11-,12+,14-,16-,17+,18-,20+,21+/m1/s1. The quantitative estimate of drug-likeness (QED) is 0.251. The first-order valence-corrected chi connectivity index (χ1v) is 10.1. The maximum absolute atomic E-state index is 12.2. The van der Waals surface area contributed by atoms with E-state index in [-0.39, 0.29) is 18.6 Å². The van der Waals surface area contributed by atoms with Gasteiger partial charge >= 0.3 is 11.9 Å². The fourth-order valence-electron chi connectivity index (χ4n) is 3.44. The number of carbonyl (C=O) groups excluding carboxylic acids is 2. The minimum Gasteiger partial charge on any atom is -0.471 e. The van der Waals surface area contributed by atoms with E-state index in [1.807, 2.05) is 0 Å². The van der Waals surface area contributed by atoms with Crippen molar-refractivity contribution in [3.05, 3.63) is 36.6 Å². The van der Waals surface area contributed by atoms with E-state index < -0.39 is 67.4 Å². The minimum atomic E-state index is -1.63. The highest BCUT2D eigenvalue weighted by molar-refractivity contribution is 5.89. The third-order valence-electron chi connectivity index (χ3n) is 5.16. The summed E-state index contributed by atoms with van der Waals surface area (Å²) in [4.78, 5) is 23.9. The molecule has 2 aliphatic rings. The minimum absolute atomic E-state index is 0.0260.